The number of piperazine rings is 1. The summed E-state index contributed by atoms with van der Waals surface area (Å²) < 4.78 is 24.5. The van der Waals surface area contributed by atoms with E-state index in [4.69, 9.17) is 9.47 Å². The molecule has 0 spiro atoms. The molecule has 8 nitrogen and oxygen atoms in total. The monoisotopic (exact) mass is 402 g/mol. The Hall–Kier alpha value is -3.10. The number of halogens is 1. The van der Waals surface area contributed by atoms with Crippen molar-refractivity contribution in [2.75, 3.05) is 45.3 Å². The maximum atomic E-state index is 14.0. The summed E-state index contributed by atoms with van der Waals surface area (Å²) in [7, 11) is 3.07. The van der Waals surface area contributed by atoms with Crippen molar-refractivity contribution >= 4 is 11.9 Å². The number of nitrogens with zero attached hydrogens (tertiary/aromatic N) is 3. The molecule has 2 fully saturated rings. The van der Waals surface area contributed by atoms with Gasteiger partial charge in [-0.05, 0) is 25.0 Å². The van der Waals surface area contributed by atoms with Gasteiger partial charge in [0.15, 0.2) is 0 Å². The number of rotatable bonds is 5. The Morgan fingerprint density at radius 3 is 2.28 bits per heavy atom. The van der Waals surface area contributed by atoms with Gasteiger partial charge in [0.05, 0.1) is 19.9 Å². The number of aromatic nitrogens is 2. The average molecular weight is 402 g/mol. The van der Waals surface area contributed by atoms with Crippen LogP contribution in [0.4, 0.5) is 10.3 Å². The van der Waals surface area contributed by atoms with Gasteiger partial charge in [-0.15, -0.1) is 0 Å². The van der Waals surface area contributed by atoms with Gasteiger partial charge in [-0.3, -0.25) is 14.6 Å². The van der Waals surface area contributed by atoms with Crippen LogP contribution < -0.4 is 19.9 Å². The summed E-state index contributed by atoms with van der Waals surface area (Å²) in [5.41, 5.74) is 0.00333. The summed E-state index contributed by atoms with van der Waals surface area (Å²) in [6.45, 7) is 1.90. The Kier molecular flexibility index (Phi) is 5.12. The minimum Gasteiger partial charge on any atom is -0.497 e. The van der Waals surface area contributed by atoms with Crippen LogP contribution in [0, 0.1) is 5.82 Å². The molecular formula is C20H23FN4O4. The molecule has 4 rings (SSSR count). The number of H-pyrrole nitrogens is 1. The first-order valence-corrected chi connectivity index (χ1v) is 9.57. The van der Waals surface area contributed by atoms with Crippen molar-refractivity contribution in [1.82, 2.24) is 14.9 Å². The van der Waals surface area contributed by atoms with Crippen LogP contribution in [0.15, 0.2) is 23.0 Å². The van der Waals surface area contributed by atoms with Crippen LogP contribution in [-0.2, 0) is 0 Å². The summed E-state index contributed by atoms with van der Waals surface area (Å²) in [5, 5.41) is 0. The van der Waals surface area contributed by atoms with Gasteiger partial charge in [-0.1, -0.05) is 0 Å². The highest BCUT2D eigenvalue weighted by Gasteiger charge is 2.31. The third-order valence-electron chi connectivity index (χ3n) is 5.30. The van der Waals surface area contributed by atoms with E-state index in [1.54, 1.807) is 23.1 Å². The van der Waals surface area contributed by atoms with E-state index in [9.17, 15) is 14.0 Å². The van der Waals surface area contributed by atoms with Crippen molar-refractivity contribution in [2.24, 2.45) is 0 Å². The van der Waals surface area contributed by atoms with Gasteiger partial charge in [0.25, 0.3) is 11.5 Å². The molecule has 1 saturated carbocycles. The first-order chi connectivity index (χ1) is 14.0. The highest BCUT2D eigenvalue weighted by atomic mass is 19.1. The third kappa shape index (κ3) is 3.90. The van der Waals surface area contributed by atoms with Gasteiger partial charge in [0.1, 0.15) is 11.5 Å². The Morgan fingerprint density at radius 1 is 1.10 bits per heavy atom. The molecule has 1 aliphatic carbocycles. The van der Waals surface area contributed by atoms with E-state index in [-0.39, 0.29) is 17.5 Å². The van der Waals surface area contributed by atoms with Gasteiger partial charge < -0.3 is 19.3 Å². The Balaban J connectivity index is 1.47. The molecule has 2 aromatic rings. The van der Waals surface area contributed by atoms with Crippen molar-refractivity contribution < 1.29 is 18.7 Å². The van der Waals surface area contributed by atoms with Crippen molar-refractivity contribution in [3.63, 3.8) is 0 Å². The van der Waals surface area contributed by atoms with E-state index in [0.717, 1.165) is 12.8 Å². The fraction of sp³-hybridized carbons (Fsp3) is 0.450. The van der Waals surface area contributed by atoms with Crippen LogP contribution in [0.5, 0.6) is 11.5 Å². The van der Waals surface area contributed by atoms with Crippen molar-refractivity contribution in [3.05, 3.63) is 45.6 Å². The number of aromatic amines is 1. The largest absolute Gasteiger partial charge is 0.497 e. The first-order valence-electron chi connectivity index (χ1n) is 9.57. The first kappa shape index (κ1) is 19.2. The van der Waals surface area contributed by atoms with Gasteiger partial charge in [-0.2, -0.15) is 4.39 Å². The molecule has 9 heteroatoms. The number of ether oxygens (including phenoxy) is 2. The predicted octanol–water partition coefficient (Wildman–Crippen LogP) is 1.77. The van der Waals surface area contributed by atoms with Crippen molar-refractivity contribution in [1.29, 1.82) is 0 Å². The number of hydrogen-bond donors (Lipinski definition) is 1. The number of amides is 1. The summed E-state index contributed by atoms with van der Waals surface area (Å²) in [5.74, 6) is 0.604. The summed E-state index contributed by atoms with van der Waals surface area (Å²) in [4.78, 5) is 35.3. The van der Waals surface area contributed by atoms with Crippen LogP contribution >= 0.6 is 0 Å². The maximum Gasteiger partial charge on any atom is 0.288 e. The fourth-order valence-corrected chi connectivity index (χ4v) is 3.48. The lowest BCUT2D eigenvalue weighted by atomic mass is 10.1. The second kappa shape index (κ2) is 7.73. The zero-order valence-electron chi connectivity index (χ0n) is 16.4. The predicted molar refractivity (Wildman–Crippen MR) is 104 cm³/mol. The van der Waals surface area contributed by atoms with E-state index < -0.39 is 11.4 Å². The van der Waals surface area contributed by atoms with E-state index in [1.165, 1.54) is 14.2 Å². The van der Waals surface area contributed by atoms with Crippen molar-refractivity contribution in [2.45, 2.75) is 18.8 Å². The molecule has 0 radical (unpaired) electrons. The molecule has 2 aliphatic rings. The van der Waals surface area contributed by atoms with E-state index in [0.29, 0.717) is 49.2 Å². The van der Waals surface area contributed by atoms with Crippen LogP contribution in [0.1, 0.15) is 34.8 Å². The second-order valence-electron chi connectivity index (χ2n) is 7.24. The lowest BCUT2D eigenvalue weighted by Crippen LogP contribution is -2.49. The standard InChI is InChI=1S/C20H23FN4O4/c1-28-14-9-13(10-15(11-14)29-2)19(27)24-5-7-25(8-6-24)20-22-17(12-3-4-12)16(21)18(26)23-20/h9-12H,3-8H2,1-2H3,(H,22,23,26). The lowest BCUT2D eigenvalue weighted by Gasteiger charge is -2.35. The fourth-order valence-electron chi connectivity index (χ4n) is 3.48. The minimum absolute atomic E-state index is 0.0435. The quantitative estimate of drug-likeness (QED) is 0.820. The van der Waals surface area contributed by atoms with Gasteiger partial charge in [0.2, 0.25) is 11.8 Å². The topological polar surface area (TPSA) is 87.8 Å². The van der Waals surface area contributed by atoms with Crippen LogP contribution in [0.2, 0.25) is 0 Å². The molecule has 154 valence electrons. The van der Waals surface area contributed by atoms with E-state index in [2.05, 4.69) is 9.97 Å². The van der Waals surface area contributed by atoms with E-state index in [1.807, 2.05) is 4.90 Å². The highest BCUT2D eigenvalue weighted by molar-refractivity contribution is 5.95. The molecule has 1 saturated heterocycles. The minimum atomic E-state index is -0.781. The second-order valence-corrected chi connectivity index (χ2v) is 7.24. The Bertz CT molecular complexity index is 959. The van der Waals surface area contributed by atoms with Crippen LogP contribution in [-0.4, -0.2) is 61.2 Å². The molecular weight excluding hydrogens is 379 g/mol. The molecule has 0 bridgehead atoms. The van der Waals surface area contributed by atoms with Crippen LogP contribution in [0.3, 0.4) is 0 Å². The summed E-state index contributed by atoms with van der Waals surface area (Å²) in [6, 6.07) is 5.07. The van der Waals surface area contributed by atoms with Gasteiger partial charge >= 0.3 is 0 Å². The van der Waals surface area contributed by atoms with Crippen LogP contribution in [0.25, 0.3) is 0 Å². The number of methoxy groups -OCH3 is 2. The summed E-state index contributed by atoms with van der Waals surface area (Å²) >= 11 is 0. The smallest absolute Gasteiger partial charge is 0.288 e. The van der Waals surface area contributed by atoms with E-state index >= 15 is 0 Å². The number of nitrogens with one attached hydrogen (secondary N) is 1. The zero-order chi connectivity index (χ0) is 20.5. The molecule has 29 heavy (non-hydrogen) atoms. The average Bonchev–Trinajstić information content (AvgIpc) is 3.60. The molecule has 1 amide bonds. The number of benzene rings is 1. The Labute approximate surface area is 167 Å². The normalized spacial score (nSPS) is 16.7. The number of carbonyl (C=O) groups excluding carboxylic acids is 1. The molecule has 0 unspecified atom stereocenters. The Morgan fingerprint density at radius 2 is 1.72 bits per heavy atom. The number of hydrogen-bond acceptors (Lipinski definition) is 6. The van der Waals surface area contributed by atoms with Gasteiger partial charge in [0, 0.05) is 43.7 Å². The third-order valence-corrected chi connectivity index (χ3v) is 5.30. The highest BCUT2D eigenvalue weighted by Crippen LogP contribution is 2.39. The van der Waals surface area contributed by atoms with Gasteiger partial charge in [-0.25, -0.2) is 4.98 Å². The molecule has 1 aromatic carbocycles. The number of carbonyl (C=O) groups is 1. The maximum absolute atomic E-state index is 14.0. The zero-order valence-corrected chi connectivity index (χ0v) is 16.4. The van der Waals surface area contributed by atoms with Crippen molar-refractivity contribution in [3.8, 4) is 11.5 Å². The SMILES string of the molecule is COc1cc(OC)cc(C(=O)N2CCN(c3nc(C4CC4)c(F)c(=O)[nH]3)CC2)c1. The molecule has 1 aromatic heterocycles. The molecule has 0 atom stereocenters. The number of anilines is 1. The lowest BCUT2D eigenvalue weighted by molar-refractivity contribution is 0.0745. The molecule has 1 N–H and O–H groups in total. The molecule has 1 aliphatic heterocycles. The molecule has 2 heterocycles. The summed E-state index contributed by atoms with van der Waals surface area (Å²) in [6.07, 6.45) is 1.72.